The summed E-state index contributed by atoms with van der Waals surface area (Å²) in [7, 11) is 0. The number of aliphatic imine (C=N–C) groups is 1. The number of anilines is 1. The zero-order valence-corrected chi connectivity index (χ0v) is 12.7. The largest absolute Gasteiger partial charge is 0.573 e. The van der Waals surface area contributed by atoms with E-state index in [4.69, 9.17) is 5.73 Å². The summed E-state index contributed by atoms with van der Waals surface area (Å²) in [6.07, 6.45) is -3.51. The number of alkyl halides is 5. The lowest BCUT2D eigenvalue weighted by atomic mass is 9.86. The molecule has 0 heterocycles. The highest BCUT2D eigenvalue weighted by Crippen LogP contribution is 2.38. The van der Waals surface area contributed by atoms with E-state index in [2.05, 4.69) is 15.0 Å². The predicted molar refractivity (Wildman–Crippen MR) is 80.1 cm³/mol. The third-order valence-electron chi connectivity index (χ3n) is 3.77. The summed E-state index contributed by atoms with van der Waals surface area (Å²) in [6, 6.07) is 5.27. The highest BCUT2D eigenvalue weighted by Gasteiger charge is 2.41. The van der Waals surface area contributed by atoms with Crippen molar-refractivity contribution in [2.75, 3.05) is 11.9 Å². The smallest absolute Gasteiger partial charge is 0.404 e. The molecule has 3 N–H and O–H groups in total. The van der Waals surface area contributed by atoms with E-state index < -0.39 is 24.0 Å². The minimum Gasteiger partial charge on any atom is -0.404 e. The lowest BCUT2D eigenvalue weighted by Gasteiger charge is -2.30. The first-order chi connectivity index (χ1) is 11.2. The summed E-state index contributed by atoms with van der Waals surface area (Å²) in [4.78, 5) is 3.84. The van der Waals surface area contributed by atoms with Crippen molar-refractivity contribution in [3.05, 3.63) is 24.3 Å². The van der Waals surface area contributed by atoms with E-state index >= 15 is 0 Å². The number of nitrogens with one attached hydrogen (secondary N) is 1. The topological polar surface area (TPSA) is 59.6 Å². The van der Waals surface area contributed by atoms with Crippen molar-refractivity contribution in [1.82, 2.24) is 0 Å². The molecule has 1 aliphatic carbocycles. The van der Waals surface area contributed by atoms with Crippen LogP contribution in [0, 0.1) is 5.92 Å². The van der Waals surface area contributed by atoms with Gasteiger partial charge in [0.1, 0.15) is 0 Å². The molecule has 0 amide bonds. The Morgan fingerprint density at radius 3 is 2.67 bits per heavy atom. The molecule has 1 atom stereocenters. The molecule has 0 spiro atoms. The molecule has 1 aromatic carbocycles. The molecule has 1 saturated carbocycles. The molecule has 0 aromatic heterocycles. The van der Waals surface area contributed by atoms with Crippen LogP contribution < -0.4 is 15.8 Å². The van der Waals surface area contributed by atoms with E-state index in [1.54, 1.807) is 0 Å². The summed E-state index contributed by atoms with van der Waals surface area (Å²) in [6.45, 7) is -0.186. The van der Waals surface area contributed by atoms with Crippen LogP contribution in [0.1, 0.15) is 25.7 Å². The minimum absolute atomic E-state index is 0.0496. The van der Waals surface area contributed by atoms with Gasteiger partial charge in [0, 0.05) is 12.3 Å². The van der Waals surface area contributed by atoms with Crippen molar-refractivity contribution in [2.45, 2.75) is 38.0 Å². The second-order valence-corrected chi connectivity index (χ2v) is 5.60. The molecule has 2 rings (SSSR count). The molecular weight excluding hydrogens is 333 g/mol. The summed E-state index contributed by atoms with van der Waals surface area (Å²) in [5.41, 5.74) is 5.55. The van der Waals surface area contributed by atoms with Crippen LogP contribution in [0.4, 0.5) is 27.6 Å². The number of para-hydroxylation sites is 2. The predicted octanol–water partition coefficient (Wildman–Crippen LogP) is 4.14. The molecule has 0 aliphatic heterocycles. The zero-order chi connectivity index (χ0) is 17.8. The fourth-order valence-corrected chi connectivity index (χ4v) is 2.56. The number of benzene rings is 1. The molecule has 0 bridgehead atoms. The maximum absolute atomic E-state index is 13.7. The Kier molecular flexibility index (Phi) is 5.51. The van der Waals surface area contributed by atoms with Gasteiger partial charge in [-0.15, -0.1) is 13.2 Å². The minimum atomic E-state index is -4.85. The van der Waals surface area contributed by atoms with Crippen molar-refractivity contribution in [3.63, 3.8) is 0 Å². The highest BCUT2D eigenvalue weighted by molar-refractivity contribution is 5.93. The number of hydrogen-bond donors (Lipinski definition) is 2. The number of guanidine groups is 1. The average Bonchev–Trinajstić information content (AvgIpc) is 2.46. The van der Waals surface area contributed by atoms with Crippen molar-refractivity contribution in [2.24, 2.45) is 16.6 Å². The monoisotopic (exact) mass is 351 g/mol. The molecule has 0 radical (unpaired) electrons. The Morgan fingerprint density at radius 1 is 1.29 bits per heavy atom. The summed E-state index contributed by atoms with van der Waals surface area (Å²) >= 11 is 0. The van der Waals surface area contributed by atoms with Crippen LogP contribution >= 0.6 is 0 Å². The van der Waals surface area contributed by atoms with Gasteiger partial charge in [-0.3, -0.25) is 4.99 Å². The van der Waals surface area contributed by atoms with E-state index in [-0.39, 0.29) is 24.6 Å². The van der Waals surface area contributed by atoms with E-state index in [0.717, 1.165) is 6.07 Å². The first kappa shape index (κ1) is 18.3. The van der Waals surface area contributed by atoms with Gasteiger partial charge in [0.05, 0.1) is 12.2 Å². The molecule has 0 saturated heterocycles. The number of halogens is 5. The van der Waals surface area contributed by atoms with Gasteiger partial charge in [-0.05, 0) is 25.0 Å². The first-order valence-electron chi connectivity index (χ1n) is 7.47. The average molecular weight is 351 g/mol. The van der Waals surface area contributed by atoms with Crippen LogP contribution in [0.15, 0.2) is 29.3 Å². The van der Waals surface area contributed by atoms with Gasteiger partial charge >= 0.3 is 6.36 Å². The standard InChI is InChI=1S/C15H18F5N3O/c16-14(17)8-4-3-5-10(14)9-22-13(21)23-11-6-1-2-7-12(11)24-15(18,19)20/h1-2,6-7,10H,3-5,8-9H2,(H3,21,22,23). The molecule has 4 nitrogen and oxygen atoms in total. The fourth-order valence-electron chi connectivity index (χ4n) is 2.56. The SMILES string of the molecule is NC(=NCC1CCCCC1(F)F)Nc1ccccc1OC(F)(F)F. The van der Waals surface area contributed by atoms with Gasteiger partial charge in [-0.1, -0.05) is 18.6 Å². The number of nitrogens with zero attached hydrogens (tertiary/aromatic N) is 1. The summed E-state index contributed by atoms with van der Waals surface area (Å²) in [5, 5.41) is 2.46. The van der Waals surface area contributed by atoms with Crippen molar-refractivity contribution in [3.8, 4) is 5.75 Å². The maximum atomic E-state index is 13.7. The number of ether oxygens (including phenoxy) is 1. The van der Waals surface area contributed by atoms with Gasteiger partial charge in [-0.25, -0.2) is 8.78 Å². The van der Waals surface area contributed by atoms with Crippen LogP contribution in [0.2, 0.25) is 0 Å². The number of hydrogen-bond acceptors (Lipinski definition) is 2. The van der Waals surface area contributed by atoms with Crippen molar-refractivity contribution >= 4 is 11.6 Å². The van der Waals surface area contributed by atoms with E-state index in [1.165, 1.54) is 18.2 Å². The lowest BCUT2D eigenvalue weighted by molar-refractivity contribution is -0.274. The van der Waals surface area contributed by atoms with E-state index in [0.29, 0.717) is 19.3 Å². The Morgan fingerprint density at radius 2 is 2.00 bits per heavy atom. The third kappa shape index (κ3) is 5.24. The Hall–Kier alpha value is -2.06. The van der Waals surface area contributed by atoms with Gasteiger partial charge in [-0.2, -0.15) is 0 Å². The molecule has 1 aliphatic rings. The third-order valence-corrected chi connectivity index (χ3v) is 3.77. The summed E-state index contributed by atoms with van der Waals surface area (Å²) < 4.78 is 68.3. The van der Waals surface area contributed by atoms with Gasteiger partial charge in [0.25, 0.3) is 5.92 Å². The number of nitrogens with two attached hydrogens (primary N) is 1. The quantitative estimate of drug-likeness (QED) is 0.487. The first-order valence-corrected chi connectivity index (χ1v) is 7.47. The van der Waals surface area contributed by atoms with Crippen LogP contribution in [-0.4, -0.2) is 24.8 Å². The van der Waals surface area contributed by atoms with Crippen molar-refractivity contribution in [1.29, 1.82) is 0 Å². The Labute approximate surface area is 135 Å². The second-order valence-electron chi connectivity index (χ2n) is 5.60. The molecule has 134 valence electrons. The van der Waals surface area contributed by atoms with Crippen LogP contribution in [0.3, 0.4) is 0 Å². The Bertz CT molecular complexity index is 589. The van der Waals surface area contributed by atoms with E-state index in [9.17, 15) is 22.0 Å². The van der Waals surface area contributed by atoms with Crippen LogP contribution in [-0.2, 0) is 0 Å². The second kappa shape index (κ2) is 7.23. The fraction of sp³-hybridized carbons (Fsp3) is 0.533. The Balaban J connectivity index is 2.03. The maximum Gasteiger partial charge on any atom is 0.573 e. The normalized spacial score (nSPS) is 21.4. The molecule has 1 fully saturated rings. The van der Waals surface area contributed by atoms with Gasteiger partial charge in [0.15, 0.2) is 11.7 Å². The molecule has 24 heavy (non-hydrogen) atoms. The van der Waals surface area contributed by atoms with E-state index in [1.807, 2.05) is 0 Å². The number of rotatable bonds is 4. The zero-order valence-electron chi connectivity index (χ0n) is 12.7. The van der Waals surface area contributed by atoms with Gasteiger partial charge < -0.3 is 15.8 Å². The summed E-state index contributed by atoms with van der Waals surface area (Å²) in [5.74, 6) is -4.42. The molecule has 1 unspecified atom stereocenters. The molecule has 1 aromatic rings. The van der Waals surface area contributed by atoms with Crippen LogP contribution in [0.5, 0.6) is 5.75 Å². The van der Waals surface area contributed by atoms with Crippen LogP contribution in [0.25, 0.3) is 0 Å². The highest BCUT2D eigenvalue weighted by atomic mass is 19.4. The molecule has 9 heteroatoms. The molecular formula is C15H18F5N3O. The lowest BCUT2D eigenvalue weighted by Crippen LogP contribution is -2.35. The van der Waals surface area contributed by atoms with Gasteiger partial charge in [0.2, 0.25) is 0 Å². The van der Waals surface area contributed by atoms with Crippen molar-refractivity contribution < 1.29 is 26.7 Å².